The van der Waals surface area contributed by atoms with Gasteiger partial charge in [0.25, 0.3) is 0 Å². The maximum atomic E-state index is 10.8. The van der Waals surface area contributed by atoms with Gasteiger partial charge in [0.1, 0.15) is 0 Å². The summed E-state index contributed by atoms with van der Waals surface area (Å²) >= 11 is 3.39. The molecule has 3 nitrogen and oxygen atoms in total. The number of allylic oxidation sites excluding steroid dienone is 2. The lowest BCUT2D eigenvalue weighted by Gasteiger charge is -2.19. The van der Waals surface area contributed by atoms with E-state index in [4.69, 9.17) is 10.8 Å². The van der Waals surface area contributed by atoms with Gasteiger partial charge < -0.3 is 10.8 Å². The van der Waals surface area contributed by atoms with Crippen LogP contribution in [0.2, 0.25) is 0 Å². The number of halogens is 1. The highest BCUT2D eigenvalue weighted by atomic mass is 79.9. The normalized spacial score (nSPS) is 20.4. The molecule has 0 aromatic heterocycles. The quantitative estimate of drug-likeness (QED) is 0.899. The minimum absolute atomic E-state index is 0.0246. The first-order chi connectivity index (χ1) is 9.06. The number of hydrogen-bond acceptors (Lipinski definition) is 2. The monoisotopic (exact) mass is 319 g/mol. The summed E-state index contributed by atoms with van der Waals surface area (Å²) < 4.78 is 1.02. The SMILES string of the molecule is NC1C(=Cc2ccc(Br)cc2)C=CC=C1CC(=O)O. The molecule has 98 valence electrons. The van der Waals surface area contributed by atoms with Gasteiger partial charge >= 0.3 is 5.97 Å². The molecular formula is C15H14BrNO2. The maximum Gasteiger partial charge on any atom is 0.307 e. The molecule has 1 aromatic rings. The van der Waals surface area contributed by atoms with Gasteiger partial charge in [0, 0.05) is 4.47 Å². The Balaban J connectivity index is 2.22. The third-order valence-electron chi connectivity index (χ3n) is 2.92. The summed E-state index contributed by atoms with van der Waals surface area (Å²) in [6, 6.07) is 7.51. The van der Waals surface area contributed by atoms with Crippen molar-refractivity contribution < 1.29 is 9.90 Å². The molecule has 4 heteroatoms. The lowest BCUT2D eigenvalue weighted by atomic mass is 9.91. The van der Waals surface area contributed by atoms with Crippen molar-refractivity contribution in [3.05, 3.63) is 63.7 Å². The predicted octanol–water partition coefficient (Wildman–Crippen LogP) is 3.13. The van der Waals surface area contributed by atoms with E-state index in [9.17, 15) is 4.79 Å². The molecule has 0 radical (unpaired) electrons. The smallest absolute Gasteiger partial charge is 0.307 e. The zero-order valence-corrected chi connectivity index (χ0v) is 11.8. The predicted molar refractivity (Wildman–Crippen MR) is 79.6 cm³/mol. The van der Waals surface area contributed by atoms with Crippen LogP contribution in [-0.4, -0.2) is 17.1 Å². The van der Waals surface area contributed by atoms with E-state index in [2.05, 4.69) is 15.9 Å². The van der Waals surface area contributed by atoms with Crippen molar-refractivity contribution in [2.75, 3.05) is 0 Å². The topological polar surface area (TPSA) is 63.3 Å². The summed E-state index contributed by atoms with van der Waals surface area (Å²) in [4.78, 5) is 10.8. The maximum absolute atomic E-state index is 10.8. The number of carboxylic acids is 1. The van der Waals surface area contributed by atoms with Gasteiger partial charge in [0.05, 0.1) is 12.5 Å². The molecule has 0 saturated carbocycles. The highest BCUT2D eigenvalue weighted by Crippen LogP contribution is 2.22. The van der Waals surface area contributed by atoms with E-state index in [1.54, 1.807) is 6.08 Å². The van der Waals surface area contributed by atoms with Gasteiger partial charge in [-0.1, -0.05) is 46.3 Å². The van der Waals surface area contributed by atoms with Crippen molar-refractivity contribution >= 4 is 28.0 Å². The zero-order valence-electron chi connectivity index (χ0n) is 10.2. The average molecular weight is 320 g/mol. The van der Waals surface area contributed by atoms with Crippen molar-refractivity contribution in [1.82, 2.24) is 0 Å². The first kappa shape index (κ1) is 13.8. The number of aliphatic carboxylic acids is 1. The largest absolute Gasteiger partial charge is 0.481 e. The van der Waals surface area contributed by atoms with Crippen LogP contribution >= 0.6 is 15.9 Å². The Morgan fingerprint density at radius 3 is 2.68 bits per heavy atom. The number of nitrogens with two attached hydrogens (primary N) is 1. The van der Waals surface area contributed by atoms with Crippen LogP contribution in [0.1, 0.15) is 12.0 Å². The van der Waals surface area contributed by atoms with E-state index < -0.39 is 5.97 Å². The lowest BCUT2D eigenvalue weighted by Crippen LogP contribution is -2.27. The van der Waals surface area contributed by atoms with Crippen molar-refractivity contribution in [3.8, 4) is 0 Å². The second-order valence-corrected chi connectivity index (χ2v) is 5.26. The first-order valence-corrected chi connectivity index (χ1v) is 6.67. The molecule has 1 unspecified atom stereocenters. The number of hydrogen-bond donors (Lipinski definition) is 2. The highest BCUT2D eigenvalue weighted by molar-refractivity contribution is 9.10. The van der Waals surface area contributed by atoms with E-state index in [0.29, 0.717) is 0 Å². The number of carbonyl (C=O) groups is 1. The molecular weight excluding hydrogens is 306 g/mol. The van der Waals surface area contributed by atoms with Gasteiger partial charge in [-0.3, -0.25) is 4.79 Å². The van der Waals surface area contributed by atoms with Gasteiger partial charge in [0.15, 0.2) is 0 Å². The molecule has 1 aromatic carbocycles. The first-order valence-electron chi connectivity index (χ1n) is 5.88. The van der Waals surface area contributed by atoms with Crippen molar-refractivity contribution in [3.63, 3.8) is 0 Å². The fraction of sp³-hybridized carbons (Fsp3) is 0.133. The average Bonchev–Trinajstić information content (AvgIpc) is 2.36. The number of rotatable bonds is 3. The molecule has 3 N–H and O–H groups in total. The molecule has 2 rings (SSSR count). The molecule has 0 amide bonds. The fourth-order valence-corrected chi connectivity index (χ4v) is 2.20. The van der Waals surface area contributed by atoms with E-state index in [1.165, 1.54) is 0 Å². The molecule has 1 aliphatic carbocycles. The van der Waals surface area contributed by atoms with Crippen LogP contribution in [0.3, 0.4) is 0 Å². The molecule has 0 aliphatic heterocycles. The van der Waals surface area contributed by atoms with Crippen molar-refractivity contribution in [2.45, 2.75) is 12.5 Å². The molecule has 0 bridgehead atoms. The van der Waals surface area contributed by atoms with Crippen LogP contribution in [0.5, 0.6) is 0 Å². The van der Waals surface area contributed by atoms with E-state index >= 15 is 0 Å². The Morgan fingerprint density at radius 2 is 2.05 bits per heavy atom. The van der Waals surface area contributed by atoms with Gasteiger partial charge in [-0.05, 0) is 34.9 Å². The summed E-state index contributed by atoms with van der Waals surface area (Å²) in [6.45, 7) is 0. The van der Waals surface area contributed by atoms with Crippen molar-refractivity contribution in [1.29, 1.82) is 0 Å². The minimum atomic E-state index is -0.861. The Labute approximate surface area is 120 Å². The van der Waals surface area contributed by atoms with Crippen LogP contribution in [0.25, 0.3) is 6.08 Å². The fourth-order valence-electron chi connectivity index (χ4n) is 1.94. The van der Waals surface area contributed by atoms with Crippen LogP contribution in [-0.2, 0) is 4.79 Å². The Hall–Kier alpha value is -1.65. The standard InChI is InChI=1S/C15H14BrNO2/c16-13-6-4-10(5-7-13)8-11-2-1-3-12(15(11)17)9-14(18)19/h1-8,15H,9,17H2,(H,18,19). The number of carboxylic acid groups (broad SMARTS) is 1. The van der Waals surface area contributed by atoms with Gasteiger partial charge in [-0.2, -0.15) is 0 Å². The summed E-state index contributed by atoms with van der Waals surface area (Å²) in [7, 11) is 0. The van der Waals surface area contributed by atoms with Gasteiger partial charge in [-0.25, -0.2) is 0 Å². The third kappa shape index (κ3) is 3.66. The molecule has 0 spiro atoms. The van der Waals surface area contributed by atoms with Crippen molar-refractivity contribution in [2.24, 2.45) is 5.73 Å². The molecule has 0 heterocycles. The highest BCUT2D eigenvalue weighted by Gasteiger charge is 2.17. The van der Waals surface area contributed by atoms with Gasteiger partial charge in [0.2, 0.25) is 0 Å². The zero-order chi connectivity index (χ0) is 13.8. The summed E-state index contributed by atoms with van der Waals surface area (Å²) in [5.74, 6) is -0.861. The molecule has 0 saturated heterocycles. The lowest BCUT2D eigenvalue weighted by molar-refractivity contribution is -0.136. The molecule has 1 atom stereocenters. The van der Waals surface area contributed by atoms with Crippen LogP contribution in [0.15, 0.2) is 58.1 Å². The minimum Gasteiger partial charge on any atom is -0.481 e. The number of benzene rings is 1. The third-order valence-corrected chi connectivity index (χ3v) is 3.44. The van der Waals surface area contributed by atoms with E-state index in [0.717, 1.165) is 21.2 Å². The van der Waals surface area contributed by atoms with Crippen LogP contribution in [0, 0.1) is 0 Å². The summed E-state index contributed by atoms with van der Waals surface area (Å²) in [6.07, 6.45) is 7.48. The van der Waals surface area contributed by atoms with E-state index in [-0.39, 0.29) is 12.5 Å². The summed E-state index contributed by atoms with van der Waals surface area (Å²) in [5.41, 5.74) is 8.76. The van der Waals surface area contributed by atoms with Gasteiger partial charge in [-0.15, -0.1) is 0 Å². The van der Waals surface area contributed by atoms with E-state index in [1.807, 2.05) is 42.5 Å². The Bertz CT molecular complexity index is 570. The van der Waals surface area contributed by atoms with Crippen LogP contribution in [0.4, 0.5) is 0 Å². The Morgan fingerprint density at radius 1 is 1.37 bits per heavy atom. The second-order valence-electron chi connectivity index (χ2n) is 4.34. The summed E-state index contributed by atoms with van der Waals surface area (Å²) in [5, 5.41) is 8.84. The van der Waals surface area contributed by atoms with Crippen LogP contribution < -0.4 is 5.73 Å². The second kappa shape index (κ2) is 5.99. The molecule has 0 fully saturated rings. The molecule has 1 aliphatic rings. The Kier molecular flexibility index (Phi) is 4.35. The molecule has 19 heavy (non-hydrogen) atoms.